The second kappa shape index (κ2) is 6.36. The Hall–Kier alpha value is -0.120. The number of likely N-dealkylation sites (N-methyl/N-ethyl adjacent to an activating group) is 1. The first-order chi connectivity index (χ1) is 8.69. The lowest BCUT2D eigenvalue weighted by atomic mass is 9.79. The molecule has 3 nitrogen and oxygen atoms in total. The van der Waals surface area contributed by atoms with Crippen molar-refractivity contribution in [1.82, 2.24) is 10.2 Å². The van der Waals surface area contributed by atoms with Crippen molar-refractivity contribution in [3.8, 4) is 0 Å². The molecular weight excluding hydrogens is 224 g/mol. The van der Waals surface area contributed by atoms with Gasteiger partial charge in [0, 0.05) is 18.1 Å². The van der Waals surface area contributed by atoms with Crippen molar-refractivity contribution in [1.29, 1.82) is 0 Å². The average molecular weight is 254 g/mol. The Morgan fingerprint density at radius 1 is 1.22 bits per heavy atom. The lowest BCUT2D eigenvalue weighted by Gasteiger charge is -2.43. The monoisotopic (exact) mass is 254 g/mol. The molecule has 3 heteroatoms. The highest BCUT2D eigenvalue weighted by atomic mass is 16.3. The van der Waals surface area contributed by atoms with Crippen molar-refractivity contribution in [2.45, 2.75) is 62.9 Å². The highest BCUT2D eigenvalue weighted by molar-refractivity contribution is 4.95. The number of hydrogen-bond donors (Lipinski definition) is 2. The maximum atomic E-state index is 9.64. The van der Waals surface area contributed by atoms with Gasteiger partial charge in [-0.3, -0.25) is 0 Å². The molecule has 106 valence electrons. The summed E-state index contributed by atoms with van der Waals surface area (Å²) < 4.78 is 0. The predicted octanol–water partition coefficient (Wildman–Crippen LogP) is 2.00. The van der Waals surface area contributed by atoms with E-state index >= 15 is 0 Å². The van der Waals surface area contributed by atoms with Crippen molar-refractivity contribution in [2.75, 3.05) is 27.2 Å². The van der Waals surface area contributed by atoms with Crippen LogP contribution < -0.4 is 5.32 Å². The van der Waals surface area contributed by atoms with Gasteiger partial charge in [-0.2, -0.15) is 0 Å². The summed E-state index contributed by atoms with van der Waals surface area (Å²) in [5, 5.41) is 13.0. The molecular formula is C15H30N2O. The van der Waals surface area contributed by atoms with Crippen LogP contribution >= 0.6 is 0 Å². The molecule has 2 atom stereocenters. The molecule has 0 bridgehead atoms. The van der Waals surface area contributed by atoms with Gasteiger partial charge in [0.25, 0.3) is 0 Å². The number of nitrogens with one attached hydrogen (secondary N) is 1. The fourth-order valence-corrected chi connectivity index (χ4v) is 3.91. The molecule has 0 aromatic heterocycles. The second-order valence-electron chi connectivity index (χ2n) is 6.53. The van der Waals surface area contributed by atoms with Crippen LogP contribution in [0.5, 0.6) is 0 Å². The first-order valence-corrected chi connectivity index (χ1v) is 7.69. The highest BCUT2D eigenvalue weighted by Gasteiger charge is 2.36. The molecule has 0 aromatic rings. The van der Waals surface area contributed by atoms with E-state index in [1.165, 1.54) is 45.1 Å². The van der Waals surface area contributed by atoms with Gasteiger partial charge in [0.1, 0.15) is 0 Å². The van der Waals surface area contributed by atoms with Crippen molar-refractivity contribution in [2.24, 2.45) is 5.92 Å². The maximum absolute atomic E-state index is 9.64. The smallest absolute Gasteiger partial charge is 0.0613 e. The molecule has 0 heterocycles. The van der Waals surface area contributed by atoms with Gasteiger partial charge < -0.3 is 15.3 Å². The van der Waals surface area contributed by atoms with Crippen LogP contribution in [0.3, 0.4) is 0 Å². The summed E-state index contributed by atoms with van der Waals surface area (Å²) in [6, 6.07) is 0.652. The average Bonchev–Trinajstić information content (AvgIpc) is 2.91. The minimum Gasteiger partial charge on any atom is -0.394 e. The van der Waals surface area contributed by atoms with Crippen LogP contribution in [-0.2, 0) is 0 Å². The van der Waals surface area contributed by atoms with Crippen LogP contribution in [-0.4, -0.2) is 48.8 Å². The molecule has 2 rings (SSSR count). The SMILES string of the molecule is CNC1(CO)CCCC(N(C)CC2CCCC2)C1. The third kappa shape index (κ3) is 3.25. The van der Waals surface area contributed by atoms with E-state index in [4.69, 9.17) is 0 Å². The third-order valence-corrected chi connectivity index (χ3v) is 5.30. The molecule has 2 fully saturated rings. The van der Waals surface area contributed by atoms with Crippen molar-refractivity contribution in [3.63, 3.8) is 0 Å². The second-order valence-corrected chi connectivity index (χ2v) is 6.53. The molecule has 0 radical (unpaired) electrons. The molecule has 0 aliphatic heterocycles. The minimum absolute atomic E-state index is 0.0210. The molecule has 2 saturated carbocycles. The van der Waals surface area contributed by atoms with Crippen molar-refractivity contribution < 1.29 is 5.11 Å². The van der Waals surface area contributed by atoms with Gasteiger partial charge in [-0.1, -0.05) is 12.8 Å². The van der Waals surface area contributed by atoms with Crippen LogP contribution in [0.4, 0.5) is 0 Å². The van der Waals surface area contributed by atoms with Gasteiger partial charge in [0.15, 0.2) is 0 Å². The van der Waals surface area contributed by atoms with Crippen LogP contribution in [0.1, 0.15) is 51.4 Å². The molecule has 18 heavy (non-hydrogen) atoms. The standard InChI is InChI=1S/C15H30N2O/c1-16-15(12-18)9-5-8-14(10-15)17(2)11-13-6-3-4-7-13/h13-14,16,18H,3-12H2,1-2H3. The molecule has 0 saturated heterocycles. The van der Waals surface area contributed by atoms with E-state index < -0.39 is 0 Å². The predicted molar refractivity (Wildman–Crippen MR) is 75.7 cm³/mol. The van der Waals surface area contributed by atoms with Crippen molar-refractivity contribution in [3.05, 3.63) is 0 Å². The van der Waals surface area contributed by atoms with E-state index in [0.717, 1.165) is 18.8 Å². The molecule has 0 aromatic carbocycles. The Kier molecular flexibility index (Phi) is 5.05. The van der Waals surface area contributed by atoms with E-state index in [1.807, 2.05) is 7.05 Å². The van der Waals surface area contributed by atoms with E-state index in [0.29, 0.717) is 6.04 Å². The zero-order valence-electron chi connectivity index (χ0n) is 12.1. The Morgan fingerprint density at radius 2 is 1.94 bits per heavy atom. The van der Waals surface area contributed by atoms with Crippen LogP contribution in [0, 0.1) is 5.92 Å². The van der Waals surface area contributed by atoms with Crippen molar-refractivity contribution >= 4 is 0 Å². The summed E-state index contributed by atoms with van der Waals surface area (Å²) in [4.78, 5) is 2.57. The minimum atomic E-state index is -0.0210. The molecule has 2 unspecified atom stereocenters. The fraction of sp³-hybridized carbons (Fsp3) is 1.00. The van der Waals surface area contributed by atoms with Crippen LogP contribution in [0.2, 0.25) is 0 Å². The van der Waals surface area contributed by atoms with Gasteiger partial charge >= 0.3 is 0 Å². The van der Waals surface area contributed by atoms with Gasteiger partial charge in [-0.05, 0) is 58.5 Å². The van der Waals surface area contributed by atoms with Gasteiger partial charge in [-0.25, -0.2) is 0 Å². The quantitative estimate of drug-likeness (QED) is 0.788. The van der Waals surface area contributed by atoms with Crippen LogP contribution in [0.15, 0.2) is 0 Å². The first kappa shape index (κ1) is 14.3. The van der Waals surface area contributed by atoms with E-state index in [-0.39, 0.29) is 12.1 Å². The topological polar surface area (TPSA) is 35.5 Å². The normalized spacial score (nSPS) is 34.3. The lowest BCUT2D eigenvalue weighted by Crippen LogP contribution is -2.54. The summed E-state index contributed by atoms with van der Waals surface area (Å²) in [5.74, 6) is 0.926. The van der Waals surface area contributed by atoms with E-state index in [1.54, 1.807) is 0 Å². The number of aliphatic hydroxyl groups excluding tert-OH is 1. The summed E-state index contributed by atoms with van der Waals surface area (Å²) in [6.45, 7) is 1.53. The lowest BCUT2D eigenvalue weighted by molar-refractivity contribution is 0.0688. The summed E-state index contributed by atoms with van der Waals surface area (Å²) >= 11 is 0. The Labute approximate surface area is 112 Å². The van der Waals surface area contributed by atoms with Gasteiger partial charge in [0.05, 0.1) is 6.61 Å². The number of hydrogen-bond acceptors (Lipinski definition) is 3. The zero-order valence-corrected chi connectivity index (χ0v) is 12.1. The van der Waals surface area contributed by atoms with E-state index in [9.17, 15) is 5.11 Å². The summed E-state index contributed by atoms with van der Waals surface area (Å²) in [5.41, 5.74) is -0.0210. The Morgan fingerprint density at radius 3 is 2.56 bits per heavy atom. The largest absolute Gasteiger partial charge is 0.394 e. The zero-order chi connectivity index (χ0) is 13.0. The fourth-order valence-electron chi connectivity index (χ4n) is 3.91. The molecule has 2 aliphatic rings. The Bertz CT molecular complexity index is 247. The molecule has 0 spiro atoms. The molecule has 2 N–H and O–H groups in total. The van der Waals surface area contributed by atoms with Gasteiger partial charge in [-0.15, -0.1) is 0 Å². The molecule has 2 aliphatic carbocycles. The highest BCUT2D eigenvalue weighted by Crippen LogP contribution is 2.32. The number of aliphatic hydroxyl groups is 1. The van der Waals surface area contributed by atoms with Gasteiger partial charge in [0.2, 0.25) is 0 Å². The first-order valence-electron chi connectivity index (χ1n) is 7.69. The molecule has 0 amide bonds. The maximum Gasteiger partial charge on any atom is 0.0613 e. The number of nitrogens with zero attached hydrogens (tertiary/aromatic N) is 1. The number of rotatable bonds is 5. The third-order valence-electron chi connectivity index (χ3n) is 5.30. The van der Waals surface area contributed by atoms with Crippen LogP contribution in [0.25, 0.3) is 0 Å². The Balaban J connectivity index is 1.87. The summed E-state index contributed by atoms with van der Waals surface area (Å²) in [6.07, 6.45) is 10.5. The van der Waals surface area contributed by atoms with E-state index in [2.05, 4.69) is 17.3 Å². The summed E-state index contributed by atoms with van der Waals surface area (Å²) in [7, 11) is 4.28.